The zero-order chi connectivity index (χ0) is 14.7. The maximum Gasteiger partial charge on any atom is 0.146 e. The van der Waals surface area contributed by atoms with Gasteiger partial charge in [-0.3, -0.25) is 10.8 Å². The lowest BCUT2D eigenvalue weighted by molar-refractivity contribution is 0.539. The number of hydrogen-bond acceptors (Lipinski definition) is 5. The summed E-state index contributed by atoms with van der Waals surface area (Å²) in [5.41, 5.74) is 4.44. The molecule has 0 radical (unpaired) electrons. The van der Waals surface area contributed by atoms with E-state index in [4.69, 9.17) is 5.84 Å². The standard InChI is InChI=1S/C14H13FN6/c15-12-8-17-7-6-11(12)14(19-16)13-9-18-20-21(13)10-4-2-1-3-5-10/h1-9,14,19H,16H2. The van der Waals surface area contributed by atoms with Crippen molar-refractivity contribution in [1.82, 2.24) is 25.4 Å². The van der Waals surface area contributed by atoms with Crippen LogP contribution in [0.4, 0.5) is 4.39 Å². The lowest BCUT2D eigenvalue weighted by Crippen LogP contribution is -2.31. The normalized spacial score (nSPS) is 12.3. The first kappa shape index (κ1) is 13.3. The van der Waals surface area contributed by atoms with Crippen molar-refractivity contribution in [1.29, 1.82) is 0 Å². The highest BCUT2D eigenvalue weighted by molar-refractivity contribution is 5.35. The molecule has 2 aromatic heterocycles. The number of hydrogen-bond donors (Lipinski definition) is 2. The molecule has 7 heteroatoms. The molecule has 0 saturated heterocycles. The third kappa shape index (κ3) is 2.51. The predicted molar refractivity (Wildman–Crippen MR) is 74.7 cm³/mol. The average Bonchev–Trinajstić information content (AvgIpc) is 3.00. The molecule has 3 aromatic rings. The summed E-state index contributed by atoms with van der Waals surface area (Å²) >= 11 is 0. The molecule has 1 unspecified atom stereocenters. The fourth-order valence-electron chi connectivity index (χ4n) is 2.16. The minimum Gasteiger partial charge on any atom is -0.271 e. The van der Waals surface area contributed by atoms with Gasteiger partial charge < -0.3 is 0 Å². The van der Waals surface area contributed by atoms with Crippen LogP contribution < -0.4 is 11.3 Å². The number of halogens is 1. The van der Waals surface area contributed by atoms with Crippen molar-refractivity contribution in [2.75, 3.05) is 0 Å². The Morgan fingerprint density at radius 1 is 1.14 bits per heavy atom. The molecule has 2 heterocycles. The highest BCUT2D eigenvalue weighted by Gasteiger charge is 2.21. The number of para-hydroxylation sites is 1. The molecule has 0 bridgehead atoms. The Kier molecular flexibility index (Phi) is 3.67. The smallest absolute Gasteiger partial charge is 0.146 e. The molecule has 1 aromatic carbocycles. The molecule has 21 heavy (non-hydrogen) atoms. The molecule has 0 spiro atoms. The quantitative estimate of drug-likeness (QED) is 0.558. The van der Waals surface area contributed by atoms with Gasteiger partial charge in [0, 0.05) is 11.8 Å². The summed E-state index contributed by atoms with van der Waals surface area (Å²) in [6.07, 6.45) is 4.22. The van der Waals surface area contributed by atoms with Crippen LogP contribution in [0.5, 0.6) is 0 Å². The number of nitrogens with two attached hydrogens (primary N) is 1. The van der Waals surface area contributed by atoms with Crippen LogP contribution in [0.25, 0.3) is 5.69 Å². The second-order valence-corrected chi connectivity index (χ2v) is 4.40. The highest BCUT2D eigenvalue weighted by Crippen LogP contribution is 2.24. The van der Waals surface area contributed by atoms with Crippen LogP contribution in [-0.4, -0.2) is 20.0 Å². The number of nitrogens with zero attached hydrogens (tertiary/aromatic N) is 4. The van der Waals surface area contributed by atoms with Crippen LogP contribution in [0.3, 0.4) is 0 Å². The summed E-state index contributed by atoms with van der Waals surface area (Å²) in [5.74, 6) is 5.16. The second kappa shape index (κ2) is 5.78. The Hall–Kier alpha value is -2.64. The summed E-state index contributed by atoms with van der Waals surface area (Å²) in [6.45, 7) is 0. The predicted octanol–water partition coefficient (Wildman–Crippen LogP) is 1.35. The molecular weight excluding hydrogens is 271 g/mol. The maximum absolute atomic E-state index is 13.9. The van der Waals surface area contributed by atoms with Gasteiger partial charge in [0.15, 0.2) is 0 Å². The van der Waals surface area contributed by atoms with Crippen molar-refractivity contribution in [3.63, 3.8) is 0 Å². The Morgan fingerprint density at radius 2 is 1.95 bits per heavy atom. The molecule has 6 nitrogen and oxygen atoms in total. The van der Waals surface area contributed by atoms with E-state index in [1.807, 2.05) is 30.3 Å². The fraction of sp³-hybridized carbons (Fsp3) is 0.0714. The van der Waals surface area contributed by atoms with Crippen molar-refractivity contribution in [2.45, 2.75) is 6.04 Å². The van der Waals surface area contributed by atoms with Gasteiger partial charge in [-0.25, -0.2) is 14.5 Å². The largest absolute Gasteiger partial charge is 0.271 e. The molecule has 3 N–H and O–H groups in total. The van der Waals surface area contributed by atoms with Crippen LogP contribution in [-0.2, 0) is 0 Å². The van der Waals surface area contributed by atoms with Gasteiger partial charge in [-0.2, -0.15) is 0 Å². The summed E-state index contributed by atoms with van der Waals surface area (Å²) in [4.78, 5) is 3.74. The molecule has 0 fully saturated rings. The Labute approximate surface area is 120 Å². The van der Waals surface area contributed by atoms with Crippen LogP contribution in [0.15, 0.2) is 55.0 Å². The van der Waals surface area contributed by atoms with Gasteiger partial charge in [-0.15, -0.1) is 5.10 Å². The van der Waals surface area contributed by atoms with Crippen molar-refractivity contribution in [3.8, 4) is 5.69 Å². The molecule has 0 aliphatic heterocycles. The van der Waals surface area contributed by atoms with E-state index < -0.39 is 11.9 Å². The van der Waals surface area contributed by atoms with Gasteiger partial charge in [0.05, 0.1) is 29.8 Å². The third-order valence-corrected chi connectivity index (χ3v) is 3.15. The van der Waals surface area contributed by atoms with Crippen LogP contribution in [0.1, 0.15) is 17.3 Å². The number of aromatic nitrogens is 4. The molecule has 106 valence electrons. The van der Waals surface area contributed by atoms with Gasteiger partial charge in [-0.05, 0) is 18.2 Å². The van der Waals surface area contributed by atoms with E-state index in [0.717, 1.165) is 11.9 Å². The topological polar surface area (TPSA) is 81.7 Å². The van der Waals surface area contributed by atoms with E-state index in [1.165, 1.54) is 6.20 Å². The Balaban J connectivity index is 2.08. The summed E-state index contributed by atoms with van der Waals surface area (Å²) in [5, 5.41) is 7.95. The summed E-state index contributed by atoms with van der Waals surface area (Å²) in [6, 6.07) is 10.4. The first-order valence-electron chi connectivity index (χ1n) is 6.33. The van der Waals surface area contributed by atoms with Crippen molar-refractivity contribution < 1.29 is 4.39 Å². The van der Waals surface area contributed by atoms with Crippen molar-refractivity contribution >= 4 is 0 Å². The van der Waals surface area contributed by atoms with Gasteiger partial charge in [0.1, 0.15) is 5.82 Å². The molecule has 0 aliphatic rings. The summed E-state index contributed by atoms with van der Waals surface area (Å²) < 4.78 is 15.6. The highest BCUT2D eigenvalue weighted by atomic mass is 19.1. The number of benzene rings is 1. The third-order valence-electron chi connectivity index (χ3n) is 3.15. The zero-order valence-corrected chi connectivity index (χ0v) is 11.0. The molecule has 0 amide bonds. The minimum atomic E-state index is -0.580. The lowest BCUT2D eigenvalue weighted by Gasteiger charge is -2.17. The Morgan fingerprint density at radius 3 is 2.67 bits per heavy atom. The van der Waals surface area contributed by atoms with Gasteiger partial charge in [0.25, 0.3) is 0 Å². The number of nitrogens with one attached hydrogen (secondary N) is 1. The van der Waals surface area contributed by atoms with E-state index in [2.05, 4.69) is 20.7 Å². The second-order valence-electron chi connectivity index (χ2n) is 4.40. The number of pyridine rings is 1. The molecule has 0 saturated carbocycles. The van der Waals surface area contributed by atoms with Crippen LogP contribution in [0.2, 0.25) is 0 Å². The summed E-state index contributed by atoms with van der Waals surface area (Å²) in [7, 11) is 0. The van der Waals surface area contributed by atoms with E-state index in [9.17, 15) is 4.39 Å². The van der Waals surface area contributed by atoms with E-state index >= 15 is 0 Å². The maximum atomic E-state index is 13.9. The Bertz CT molecular complexity index is 727. The van der Waals surface area contributed by atoms with E-state index in [0.29, 0.717) is 11.3 Å². The zero-order valence-electron chi connectivity index (χ0n) is 11.0. The van der Waals surface area contributed by atoms with Gasteiger partial charge in [-0.1, -0.05) is 23.4 Å². The molecule has 0 aliphatic carbocycles. The van der Waals surface area contributed by atoms with Crippen molar-refractivity contribution in [3.05, 3.63) is 72.1 Å². The van der Waals surface area contributed by atoms with Gasteiger partial charge >= 0.3 is 0 Å². The number of rotatable bonds is 4. The average molecular weight is 284 g/mol. The van der Waals surface area contributed by atoms with Crippen LogP contribution >= 0.6 is 0 Å². The van der Waals surface area contributed by atoms with Gasteiger partial charge in [0.2, 0.25) is 0 Å². The lowest BCUT2D eigenvalue weighted by atomic mass is 10.1. The van der Waals surface area contributed by atoms with Crippen molar-refractivity contribution in [2.24, 2.45) is 5.84 Å². The number of hydrazine groups is 1. The first-order chi connectivity index (χ1) is 10.3. The monoisotopic (exact) mass is 284 g/mol. The molecule has 3 rings (SSSR count). The molecule has 1 atom stereocenters. The van der Waals surface area contributed by atoms with E-state index in [1.54, 1.807) is 16.9 Å². The fourth-order valence-corrected chi connectivity index (χ4v) is 2.16. The van der Waals surface area contributed by atoms with E-state index in [-0.39, 0.29) is 0 Å². The first-order valence-corrected chi connectivity index (χ1v) is 6.33. The SMILES string of the molecule is NNC(c1ccncc1F)c1cnnn1-c1ccccc1. The van der Waals surface area contributed by atoms with Crippen LogP contribution in [0, 0.1) is 5.82 Å². The minimum absolute atomic E-state index is 0.381. The molecular formula is C14H13FN6.